The Bertz CT molecular complexity index is 354. The molecule has 0 radical (unpaired) electrons. The van der Waals surface area contributed by atoms with Crippen LogP contribution in [0, 0.1) is 0 Å². The maximum absolute atomic E-state index is 11.5. The fraction of sp³-hybridized carbons (Fsp3) is 0.500. The average Bonchev–Trinajstić information content (AvgIpc) is 2.26. The van der Waals surface area contributed by atoms with E-state index in [4.69, 9.17) is 10.5 Å². The van der Waals surface area contributed by atoms with Crippen molar-refractivity contribution in [3.05, 3.63) is 10.7 Å². The van der Waals surface area contributed by atoms with Gasteiger partial charge >= 0.3 is 6.09 Å². The Hall–Kier alpha value is -1.04. The predicted molar refractivity (Wildman–Crippen MR) is 56.0 cm³/mol. The van der Waals surface area contributed by atoms with Gasteiger partial charge in [-0.25, -0.2) is 4.79 Å². The van der Waals surface area contributed by atoms with Crippen LogP contribution in [0.4, 0.5) is 10.6 Å². The quantitative estimate of drug-likeness (QED) is 0.776. The van der Waals surface area contributed by atoms with Gasteiger partial charge in [0.1, 0.15) is 16.0 Å². The van der Waals surface area contributed by atoms with Gasteiger partial charge in [0.15, 0.2) is 0 Å². The zero-order chi connectivity index (χ0) is 10.9. The Labute approximate surface area is 90.3 Å². The second-order valence-electron chi connectivity index (χ2n) is 3.78. The highest BCUT2D eigenvalue weighted by atomic mass is 79.9. The summed E-state index contributed by atoms with van der Waals surface area (Å²) in [7, 11) is 0. The fourth-order valence-electron chi connectivity index (χ4n) is 0.808. The lowest BCUT2D eigenvalue weighted by Crippen LogP contribution is -2.27. The Morgan fingerprint density at radius 3 is 2.57 bits per heavy atom. The van der Waals surface area contributed by atoms with Gasteiger partial charge in [-0.1, -0.05) is 0 Å². The molecular weight excluding hydrogens is 250 g/mol. The number of rotatable bonds is 0. The van der Waals surface area contributed by atoms with E-state index in [-0.39, 0.29) is 5.82 Å². The first-order chi connectivity index (χ1) is 6.29. The molecule has 0 unspecified atom stereocenters. The normalized spacial score (nSPS) is 11.4. The largest absolute Gasteiger partial charge is 0.442 e. The van der Waals surface area contributed by atoms with Crippen molar-refractivity contribution in [3.8, 4) is 0 Å². The molecule has 0 amide bonds. The second-order valence-corrected chi connectivity index (χ2v) is 4.60. The fourth-order valence-corrected chi connectivity index (χ4v) is 1.27. The van der Waals surface area contributed by atoms with E-state index in [1.54, 1.807) is 20.8 Å². The van der Waals surface area contributed by atoms with Gasteiger partial charge in [0.2, 0.25) is 0 Å². The van der Waals surface area contributed by atoms with Gasteiger partial charge in [-0.2, -0.15) is 4.68 Å². The first kappa shape index (κ1) is 11.0. The minimum atomic E-state index is -0.555. The number of anilines is 1. The van der Waals surface area contributed by atoms with E-state index in [1.165, 1.54) is 6.07 Å². The molecule has 0 fully saturated rings. The zero-order valence-corrected chi connectivity index (χ0v) is 9.83. The van der Waals surface area contributed by atoms with E-state index in [9.17, 15) is 4.79 Å². The van der Waals surface area contributed by atoms with Gasteiger partial charge in [-0.05, 0) is 36.7 Å². The van der Waals surface area contributed by atoms with Crippen LogP contribution in [0.2, 0.25) is 0 Å². The topological polar surface area (TPSA) is 70.1 Å². The van der Waals surface area contributed by atoms with Crippen LogP contribution in [0.25, 0.3) is 0 Å². The number of nitrogen functional groups attached to an aromatic ring is 1. The zero-order valence-electron chi connectivity index (χ0n) is 8.24. The number of aromatic nitrogens is 2. The van der Waals surface area contributed by atoms with Crippen molar-refractivity contribution in [1.29, 1.82) is 0 Å². The van der Waals surface area contributed by atoms with Crippen LogP contribution in [-0.2, 0) is 4.74 Å². The number of hydrogen-bond acceptors (Lipinski definition) is 4. The van der Waals surface area contributed by atoms with Crippen molar-refractivity contribution < 1.29 is 9.53 Å². The number of ether oxygens (including phenoxy) is 1. The molecule has 5 nitrogen and oxygen atoms in total. The van der Waals surface area contributed by atoms with Crippen LogP contribution >= 0.6 is 15.9 Å². The van der Waals surface area contributed by atoms with E-state index >= 15 is 0 Å². The summed E-state index contributed by atoms with van der Waals surface area (Å²) >= 11 is 3.14. The first-order valence-electron chi connectivity index (χ1n) is 4.04. The predicted octanol–water partition coefficient (Wildman–Crippen LogP) is 2.01. The van der Waals surface area contributed by atoms with E-state index in [2.05, 4.69) is 21.0 Å². The van der Waals surface area contributed by atoms with Crippen molar-refractivity contribution in [2.24, 2.45) is 0 Å². The van der Waals surface area contributed by atoms with E-state index in [1.807, 2.05) is 0 Å². The molecule has 1 rings (SSSR count). The molecule has 6 heteroatoms. The van der Waals surface area contributed by atoms with Gasteiger partial charge in [0.05, 0.1) is 0 Å². The Kier molecular flexibility index (Phi) is 2.84. The summed E-state index contributed by atoms with van der Waals surface area (Å²) in [6, 6.07) is 1.53. The summed E-state index contributed by atoms with van der Waals surface area (Å²) in [5.74, 6) is 0.266. The number of carbonyl (C=O) groups is 1. The highest BCUT2D eigenvalue weighted by Gasteiger charge is 2.20. The number of halogens is 1. The van der Waals surface area contributed by atoms with Crippen molar-refractivity contribution >= 4 is 27.8 Å². The third-order valence-electron chi connectivity index (χ3n) is 1.25. The minimum Gasteiger partial charge on any atom is -0.442 e. The van der Waals surface area contributed by atoms with Crippen LogP contribution < -0.4 is 5.73 Å². The van der Waals surface area contributed by atoms with Crippen molar-refractivity contribution in [1.82, 2.24) is 9.78 Å². The number of nitrogens with zero attached hydrogens (tertiary/aromatic N) is 2. The third-order valence-corrected chi connectivity index (χ3v) is 1.82. The number of carbonyl (C=O) groups excluding carboxylic acids is 1. The lowest BCUT2D eigenvalue weighted by Gasteiger charge is -2.19. The molecule has 1 aromatic rings. The molecule has 1 aromatic heterocycles. The highest BCUT2D eigenvalue weighted by Crippen LogP contribution is 2.16. The standard InChI is InChI=1S/C8H12BrN3O2/c1-8(2,3)14-7(13)12-5(9)4-6(10)11-12/h4H,1-3H3,(H2,10,11). The number of hydrogen-bond donors (Lipinski definition) is 1. The van der Waals surface area contributed by atoms with Crippen molar-refractivity contribution in [2.45, 2.75) is 26.4 Å². The Morgan fingerprint density at radius 2 is 2.21 bits per heavy atom. The maximum Gasteiger partial charge on any atom is 0.436 e. The summed E-state index contributed by atoms with van der Waals surface area (Å²) in [5.41, 5.74) is 4.87. The molecule has 0 aliphatic heterocycles. The lowest BCUT2D eigenvalue weighted by molar-refractivity contribution is 0.0511. The maximum atomic E-state index is 11.5. The molecule has 0 bridgehead atoms. The van der Waals surface area contributed by atoms with E-state index in [0.29, 0.717) is 4.60 Å². The molecule has 0 aliphatic rings. The summed E-state index contributed by atoms with van der Waals surface area (Å²) < 4.78 is 6.64. The highest BCUT2D eigenvalue weighted by molar-refractivity contribution is 9.10. The summed E-state index contributed by atoms with van der Waals surface area (Å²) in [4.78, 5) is 11.5. The van der Waals surface area contributed by atoms with Gasteiger partial charge in [-0.3, -0.25) is 0 Å². The molecule has 14 heavy (non-hydrogen) atoms. The monoisotopic (exact) mass is 261 g/mol. The third kappa shape index (κ3) is 2.73. The SMILES string of the molecule is CC(C)(C)OC(=O)n1nc(N)cc1Br. The molecule has 0 aliphatic carbocycles. The molecule has 1 heterocycles. The Morgan fingerprint density at radius 1 is 1.64 bits per heavy atom. The minimum absolute atomic E-state index is 0.266. The van der Waals surface area contributed by atoms with Crippen molar-refractivity contribution in [2.75, 3.05) is 5.73 Å². The van der Waals surface area contributed by atoms with Gasteiger partial charge < -0.3 is 10.5 Å². The van der Waals surface area contributed by atoms with Crippen LogP contribution in [-0.4, -0.2) is 21.5 Å². The van der Waals surface area contributed by atoms with Crippen LogP contribution in [0.15, 0.2) is 10.7 Å². The van der Waals surface area contributed by atoms with Gasteiger partial charge in [-0.15, -0.1) is 5.10 Å². The van der Waals surface area contributed by atoms with E-state index < -0.39 is 11.7 Å². The Balaban J connectivity index is 2.85. The molecule has 0 saturated heterocycles. The number of nitrogens with two attached hydrogens (primary N) is 1. The van der Waals surface area contributed by atoms with Gasteiger partial charge in [0, 0.05) is 6.07 Å². The van der Waals surface area contributed by atoms with Crippen molar-refractivity contribution in [3.63, 3.8) is 0 Å². The van der Waals surface area contributed by atoms with Gasteiger partial charge in [0.25, 0.3) is 0 Å². The molecule has 78 valence electrons. The first-order valence-corrected chi connectivity index (χ1v) is 4.83. The van der Waals surface area contributed by atoms with Crippen LogP contribution in [0.1, 0.15) is 20.8 Å². The summed E-state index contributed by atoms with van der Waals surface area (Å²) in [6.07, 6.45) is -0.555. The summed E-state index contributed by atoms with van der Waals surface area (Å²) in [6.45, 7) is 5.35. The lowest BCUT2D eigenvalue weighted by atomic mass is 10.2. The van der Waals surface area contributed by atoms with Crippen LogP contribution in [0.5, 0.6) is 0 Å². The summed E-state index contributed by atoms with van der Waals surface area (Å²) in [5, 5.41) is 3.77. The molecule has 0 spiro atoms. The molecular formula is C8H12BrN3O2. The smallest absolute Gasteiger partial charge is 0.436 e. The molecule has 0 aromatic carbocycles. The molecule has 0 saturated carbocycles. The molecule has 0 atom stereocenters. The van der Waals surface area contributed by atoms with Crippen LogP contribution in [0.3, 0.4) is 0 Å². The van der Waals surface area contributed by atoms with E-state index in [0.717, 1.165) is 4.68 Å². The molecule has 2 N–H and O–H groups in total. The average molecular weight is 262 g/mol. The second kappa shape index (κ2) is 3.61.